The number of amides is 1. The number of aromatic nitrogens is 1. The first-order valence-corrected chi connectivity index (χ1v) is 11.1. The number of hydrogen-bond acceptors (Lipinski definition) is 2. The van der Waals surface area contributed by atoms with Crippen LogP contribution in [0.5, 0.6) is 0 Å². The summed E-state index contributed by atoms with van der Waals surface area (Å²) < 4.78 is 3.48. The standard InChI is InChI=1S/C24H16IN2OS/c25-19-7-2-1-5-16(19)14-27-20-8-3-6-18(24(26)28)23(20)17-11-10-15(13-21(17)27)22-9-4-12-29-22/h1-10,12-13H,14H2,(H2,26,28). The minimum absolute atomic E-state index is 0.417. The largest absolute Gasteiger partial charge is 0.366 e. The summed E-state index contributed by atoms with van der Waals surface area (Å²) in [5.41, 5.74) is 10.6. The first-order valence-electron chi connectivity index (χ1n) is 9.17. The van der Waals surface area contributed by atoms with Crippen molar-refractivity contribution in [3.05, 3.63) is 92.9 Å². The Hall–Kier alpha value is -2.64. The molecule has 0 unspecified atom stereocenters. The van der Waals surface area contributed by atoms with Crippen LogP contribution < -0.4 is 5.73 Å². The second kappa shape index (κ2) is 7.31. The molecule has 0 fully saturated rings. The van der Waals surface area contributed by atoms with Gasteiger partial charge in [-0.15, -0.1) is 11.3 Å². The summed E-state index contributed by atoms with van der Waals surface area (Å²) in [5, 5.41) is 3.88. The van der Waals surface area contributed by atoms with Crippen molar-refractivity contribution in [3.63, 3.8) is 0 Å². The van der Waals surface area contributed by atoms with Crippen molar-refractivity contribution in [3.8, 4) is 10.4 Å². The zero-order valence-electron chi connectivity index (χ0n) is 15.4. The number of carbonyl (C=O) groups is 1. The predicted octanol–water partition coefficient (Wildman–Crippen LogP) is 6.07. The van der Waals surface area contributed by atoms with E-state index in [4.69, 9.17) is 5.73 Å². The molecule has 0 atom stereocenters. The van der Waals surface area contributed by atoms with Crippen LogP contribution in [0.3, 0.4) is 0 Å². The molecule has 1 radical (unpaired) electrons. The van der Waals surface area contributed by atoms with Gasteiger partial charge in [-0.25, -0.2) is 0 Å². The van der Waals surface area contributed by atoms with Gasteiger partial charge in [-0.1, -0.05) is 30.3 Å². The number of halogens is 1. The quantitative estimate of drug-likeness (QED) is 0.295. The zero-order valence-corrected chi connectivity index (χ0v) is 18.3. The molecule has 0 aliphatic rings. The van der Waals surface area contributed by atoms with Gasteiger partial charge in [0.1, 0.15) is 0 Å². The topological polar surface area (TPSA) is 48.0 Å². The fourth-order valence-corrected chi connectivity index (χ4v) is 5.09. The second-order valence-corrected chi connectivity index (χ2v) is 8.98. The number of nitrogens with two attached hydrogens (primary N) is 1. The van der Waals surface area contributed by atoms with Crippen molar-refractivity contribution in [2.75, 3.05) is 0 Å². The molecule has 3 aromatic carbocycles. The summed E-state index contributed by atoms with van der Waals surface area (Å²) in [7, 11) is 0. The van der Waals surface area contributed by atoms with Crippen LogP contribution >= 0.6 is 33.9 Å². The van der Waals surface area contributed by atoms with Gasteiger partial charge in [0.2, 0.25) is 5.91 Å². The Morgan fingerprint density at radius 1 is 1.07 bits per heavy atom. The molecule has 29 heavy (non-hydrogen) atoms. The van der Waals surface area contributed by atoms with E-state index < -0.39 is 5.91 Å². The van der Waals surface area contributed by atoms with Gasteiger partial charge in [-0.05, 0) is 81.6 Å². The summed E-state index contributed by atoms with van der Waals surface area (Å²) in [4.78, 5) is 13.3. The number of rotatable bonds is 4. The summed E-state index contributed by atoms with van der Waals surface area (Å²) in [6, 6.07) is 25.9. The molecule has 2 aromatic heterocycles. The number of nitrogens with zero attached hydrogens (tertiary/aromatic N) is 1. The molecule has 0 saturated heterocycles. The van der Waals surface area contributed by atoms with E-state index in [0.717, 1.165) is 27.4 Å². The average Bonchev–Trinajstić information content (AvgIpc) is 3.36. The lowest BCUT2D eigenvalue weighted by Gasteiger charge is -2.10. The molecule has 5 rings (SSSR count). The molecule has 0 bridgehead atoms. The van der Waals surface area contributed by atoms with E-state index in [0.29, 0.717) is 12.1 Å². The molecule has 141 valence electrons. The van der Waals surface area contributed by atoms with Crippen LogP contribution in [-0.2, 0) is 6.54 Å². The summed E-state index contributed by atoms with van der Waals surface area (Å²) in [6.45, 7) is 0.711. The van der Waals surface area contributed by atoms with E-state index in [1.165, 1.54) is 14.0 Å². The lowest BCUT2D eigenvalue weighted by molar-refractivity contribution is 0.100. The third-order valence-corrected chi connectivity index (χ3v) is 7.12. The number of benzene rings is 3. The molecule has 0 aliphatic carbocycles. The molecule has 1 amide bonds. The van der Waals surface area contributed by atoms with E-state index in [2.05, 4.69) is 81.1 Å². The van der Waals surface area contributed by atoms with Gasteiger partial charge in [0.15, 0.2) is 0 Å². The zero-order chi connectivity index (χ0) is 20.0. The average molecular weight is 507 g/mol. The molecule has 0 saturated carbocycles. The van der Waals surface area contributed by atoms with Gasteiger partial charge in [-0.3, -0.25) is 4.79 Å². The Morgan fingerprint density at radius 3 is 2.69 bits per heavy atom. The van der Waals surface area contributed by atoms with Crippen molar-refractivity contribution < 1.29 is 4.79 Å². The highest BCUT2D eigenvalue weighted by Crippen LogP contribution is 2.35. The maximum atomic E-state index is 12.1. The van der Waals surface area contributed by atoms with E-state index >= 15 is 0 Å². The van der Waals surface area contributed by atoms with Crippen LogP contribution in [0.1, 0.15) is 15.9 Å². The van der Waals surface area contributed by atoms with Crippen molar-refractivity contribution in [2.45, 2.75) is 6.54 Å². The highest BCUT2D eigenvalue weighted by Gasteiger charge is 2.18. The van der Waals surface area contributed by atoms with Crippen LogP contribution in [0.2, 0.25) is 0 Å². The molecule has 5 heteroatoms. The van der Waals surface area contributed by atoms with Gasteiger partial charge < -0.3 is 10.3 Å². The van der Waals surface area contributed by atoms with Crippen LogP contribution in [-0.4, -0.2) is 10.5 Å². The lowest BCUT2D eigenvalue weighted by atomic mass is 10.0. The Kier molecular flexibility index (Phi) is 4.64. The van der Waals surface area contributed by atoms with Crippen molar-refractivity contribution in [1.82, 2.24) is 4.57 Å². The Labute approximate surface area is 185 Å². The summed E-state index contributed by atoms with van der Waals surface area (Å²) in [5.74, 6) is -0.417. The smallest absolute Gasteiger partial charge is 0.249 e. The van der Waals surface area contributed by atoms with Gasteiger partial charge in [-0.2, -0.15) is 0 Å². The molecule has 2 heterocycles. The Balaban J connectivity index is 1.84. The number of thiophene rings is 1. The maximum absolute atomic E-state index is 12.1. The Bertz CT molecular complexity index is 1370. The molecule has 0 aliphatic heterocycles. The third-order valence-electron chi connectivity index (χ3n) is 5.15. The number of primary amides is 1. The van der Waals surface area contributed by atoms with Crippen LogP contribution in [0.15, 0.2) is 72.1 Å². The van der Waals surface area contributed by atoms with Gasteiger partial charge in [0.05, 0.1) is 11.0 Å². The summed E-state index contributed by atoms with van der Waals surface area (Å²) >= 11 is 4.08. The predicted molar refractivity (Wildman–Crippen MR) is 128 cm³/mol. The molecule has 3 nitrogen and oxygen atoms in total. The summed E-state index contributed by atoms with van der Waals surface area (Å²) in [6.07, 6.45) is 0. The number of fused-ring (bicyclic) bond motifs is 3. The monoisotopic (exact) mass is 507 g/mol. The van der Waals surface area contributed by atoms with Crippen LogP contribution in [0, 0.1) is 9.64 Å². The molecule has 5 aromatic rings. The minimum atomic E-state index is -0.417. The van der Waals surface area contributed by atoms with Crippen molar-refractivity contribution >= 4 is 61.6 Å². The van der Waals surface area contributed by atoms with Crippen LogP contribution in [0.25, 0.3) is 32.2 Å². The first kappa shape index (κ1) is 18.4. The fourth-order valence-electron chi connectivity index (χ4n) is 3.81. The van der Waals surface area contributed by atoms with Gasteiger partial charge in [0, 0.05) is 31.3 Å². The van der Waals surface area contributed by atoms with E-state index in [1.54, 1.807) is 17.4 Å². The van der Waals surface area contributed by atoms with Crippen LogP contribution in [0.4, 0.5) is 0 Å². The SMILES string of the molecule is NC(=O)c1cccc2c1c1[c]cc(-c3cccs3)cc1n2Cc1ccccc1I. The molecule has 2 N–H and O–H groups in total. The molecular weight excluding hydrogens is 491 g/mol. The highest BCUT2D eigenvalue weighted by molar-refractivity contribution is 14.1. The van der Waals surface area contributed by atoms with E-state index in [1.807, 2.05) is 18.2 Å². The van der Waals surface area contributed by atoms with Crippen molar-refractivity contribution in [1.29, 1.82) is 0 Å². The third kappa shape index (κ3) is 3.14. The van der Waals surface area contributed by atoms with E-state index in [9.17, 15) is 4.79 Å². The lowest BCUT2D eigenvalue weighted by Crippen LogP contribution is -2.11. The van der Waals surface area contributed by atoms with Gasteiger partial charge >= 0.3 is 0 Å². The maximum Gasteiger partial charge on any atom is 0.249 e. The Morgan fingerprint density at radius 2 is 1.93 bits per heavy atom. The number of hydrogen-bond donors (Lipinski definition) is 1. The molecular formula is C24H16IN2OS. The van der Waals surface area contributed by atoms with E-state index in [-0.39, 0.29) is 0 Å². The van der Waals surface area contributed by atoms with Crippen molar-refractivity contribution in [2.24, 2.45) is 5.73 Å². The highest BCUT2D eigenvalue weighted by atomic mass is 127. The minimum Gasteiger partial charge on any atom is -0.366 e. The first-order chi connectivity index (χ1) is 14.1. The van der Waals surface area contributed by atoms with Gasteiger partial charge in [0.25, 0.3) is 0 Å². The normalized spacial score (nSPS) is 11.3. The molecule has 0 spiro atoms. The second-order valence-electron chi connectivity index (χ2n) is 6.87. The number of carbonyl (C=O) groups excluding carboxylic acids is 1. The fraction of sp³-hybridized carbons (Fsp3) is 0.0417.